The van der Waals surface area contributed by atoms with Crippen LogP contribution in [-0.4, -0.2) is 50.3 Å². The SMILES string of the molecule is Cc1cc(C(=O)N2CCN(Cc3ccccc3)CC2)ccc1NS(=O)(=O)c1ccccc1. The van der Waals surface area contributed by atoms with E-state index >= 15 is 0 Å². The number of hydrogen-bond acceptors (Lipinski definition) is 4. The van der Waals surface area contributed by atoms with Crippen LogP contribution in [0.4, 0.5) is 5.69 Å². The molecular formula is C25H27N3O3S. The molecule has 6 nitrogen and oxygen atoms in total. The largest absolute Gasteiger partial charge is 0.336 e. The summed E-state index contributed by atoms with van der Waals surface area (Å²) in [4.78, 5) is 17.4. The lowest BCUT2D eigenvalue weighted by Crippen LogP contribution is -2.48. The number of carbonyl (C=O) groups excluding carboxylic acids is 1. The van der Waals surface area contributed by atoms with Gasteiger partial charge in [0.05, 0.1) is 10.6 Å². The monoisotopic (exact) mass is 449 g/mol. The molecule has 0 spiro atoms. The highest BCUT2D eigenvalue weighted by Gasteiger charge is 2.23. The van der Waals surface area contributed by atoms with Gasteiger partial charge in [0.15, 0.2) is 0 Å². The van der Waals surface area contributed by atoms with Gasteiger partial charge in [-0.1, -0.05) is 48.5 Å². The summed E-state index contributed by atoms with van der Waals surface area (Å²) in [5, 5.41) is 0. The molecule has 1 fully saturated rings. The maximum atomic E-state index is 13.0. The third kappa shape index (κ3) is 5.18. The van der Waals surface area contributed by atoms with Gasteiger partial charge in [-0.25, -0.2) is 8.42 Å². The van der Waals surface area contributed by atoms with E-state index in [1.807, 2.05) is 23.1 Å². The summed E-state index contributed by atoms with van der Waals surface area (Å²) in [6.07, 6.45) is 0. The normalized spacial score (nSPS) is 14.8. The number of rotatable bonds is 6. The Labute approximate surface area is 189 Å². The maximum Gasteiger partial charge on any atom is 0.261 e. The van der Waals surface area contributed by atoms with Crippen LogP contribution in [0.2, 0.25) is 0 Å². The van der Waals surface area contributed by atoms with Gasteiger partial charge in [-0.05, 0) is 48.4 Å². The van der Waals surface area contributed by atoms with Crippen LogP contribution in [0.3, 0.4) is 0 Å². The van der Waals surface area contributed by atoms with E-state index in [1.54, 1.807) is 55.5 Å². The number of nitrogens with zero attached hydrogens (tertiary/aromatic N) is 2. The van der Waals surface area contributed by atoms with E-state index in [0.29, 0.717) is 29.9 Å². The van der Waals surface area contributed by atoms with Crippen molar-refractivity contribution in [3.63, 3.8) is 0 Å². The third-order valence-corrected chi connectivity index (χ3v) is 7.06. The van der Waals surface area contributed by atoms with Crippen LogP contribution in [-0.2, 0) is 16.6 Å². The van der Waals surface area contributed by atoms with Crippen LogP contribution < -0.4 is 4.72 Å². The Morgan fingerprint density at radius 2 is 1.50 bits per heavy atom. The van der Waals surface area contributed by atoms with Crippen LogP contribution in [0.15, 0.2) is 83.8 Å². The summed E-state index contributed by atoms with van der Waals surface area (Å²) in [7, 11) is -3.67. The minimum atomic E-state index is -3.67. The van der Waals surface area contributed by atoms with Gasteiger partial charge in [0.2, 0.25) is 0 Å². The molecule has 4 rings (SSSR count). The highest BCUT2D eigenvalue weighted by atomic mass is 32.2. The van der Waals surface area contributed by atoms with E-state index in [0.717, 1.165) is 19.6 Å². The van der Waals surface area contributed by atoms with Crippen LogP contribution in [0, 0.1) is 6.92 Å². The second-order valence-electron chi connectivity index (χ2n) is 8.00. The van der Waals surface area contributed by atoms with Crippen LogP contribution >= 0.6 is 0 Å². The lowest BCUT2D eigenvalue weighted by atomic mass is 10.1. The molecule has 1 saturated heterocycles. The predicted molar refractivity (Wildman–Crippen MR) is 126 cm³/mol. The Hall–Kier alpha value is -3.16. The zero-order valence-electron chi connectivity index (χ0n) is 18.1. The number of hydrogen-bond donors (Lipinski definition) is 1. The van der Waals surface area contributed by atoms with Gasteiger partial charge in [0.1, 0.15) is 0 Å². The second kappa shape index (κ2) is 9.54. The zero-order chi connectivity index (χ0) is 22.6. The molecule has 1 N–H and O–H groups in total. The second-order valence-corrected chi connectivity index (χ2v) is 9.68. The van der Waals surface area contributed by atoms with Gasteiger partial charge in [-0.3, -0.25) is 14.4 Å². The molecule has 0 radical (unpaired) electrons. The molecule has 0 aliphatic carbocycles. The van der Waals surface area contributed by atoms with Crippen molar-refractivity contribution in [2.24, 2.45) is 0 Å². The molecule has 7 heteroatoms. The van der Waals surface area contributed by atoms with Gasteiger partial charge in [0, 0.05) is 38.3 Å². The van der Waals surface area contributed by atoms with Crippen molar-refractivity contribution in [1.82, 2.24) is 9.80 Å². The molecule has 1 aliphatic heterocycles. The Bertz CT molecular complexity index is 1170. The van der Waals surface area contributed by atoms with E-state index < -0.39 is 10.0 Å². The summed E-state index contributed by atoms with van der Waals surface area (Å²) < 4.78 is 27.8. The first kappa shape index (κ1) is 22.0. The first-order chi connectivity index (χ1) is 15.4. The summed E-state index contributed by atoms with van der Waals surface area (Å²) in [6.45, 7) is 5.69. The summed E-state index contributed by atoms with van der Waals surface area (Å²) >= 11 is 0. The molecule has 3 aromatic rings. The van der Waals surface area contributed by atoms with Crippen molar-refractivity contribution < 1.29 is 13.2 Å². The van der Waals surface area contributed by atoms with E-state index in [4.69, 9.17) is 0 Å². The minimum absolute atomic E-state index is 0.0232. The van der Waals surface area contributed by atoms with E-state index in [9.17, 15) is 13.2 Å². The lowest BCUT2D eigenvalue weighted by molar-refractivity contribution is 0.0628. The fraction of sp³-hybridized carbons (Fsp3) is 0.240. The Morgan fingerprint density at radius 1 is 0.875 bits per heavy atom. The highest BCUT2D eigenvalue weighted by molar-refractivity contribution is 7.92. The van der Waals surface area contributed by atoms with Crippen molar-refractivity contribution in [3.05, 3.63) is 95.6 Å². The van der Waals surface area contributed by atoms with Gasteiger partial charge in [-0.15, -0.1) is 0 Å². The molecule has 0 saturated carbocycles. The molecule has 0 bridgehead atoms. The predicted octanol–water partition coefficient (Wildman–Crippen LogP) is 3.75. The quantitative estimate of drug-likeness (QED) is 0.622. The van der Waals surface area contributed by atoms with Gasteiger partial charge in [-0.2, -0.15) is 0 Å². The fourth-order valence-electron chi connectivity index (χ4n) is 3.85. The molecular weight excluding hydrogens is 422 g/mol. The van der Waals surface area contributed by atoms with Crippen molar-refractivity contribution in [3.8, 4) is 0 Å². The number of aryl methyl sites for hydroxylation is 1. The topological polar surface area (TPSA) is 69.7 Å². The summed E-state index contributed by atoms with van der Waals surface area (Å²) in [6, 6.07) is 23.7. The molecule has 3 aromatic carbocycles. The van der Waals surface area contributed by atoms with Crippen LogP contribution in [0.1, 0.15) is 21.5 Å². The minimum Gasteiger partial charge on any atom is -0.336 e. The molecule has 32 heavy (non-hydrogen) atoms. The van der Waals surface area contributed by atoms with Gasteiger partial charge in [0.25, 0.3) is 15.9 Å². The van der Waals surface area contributed by atoms with Crippen LogP contribution in [0.25, 0.3) is 0 Å². The Balaban J connectivity index is 1.38. The highest BCUT2D eigenvalue weighted by Crippen LogP contribution is 2.22. The molecule has 1 heterocycles. The number of anilines is 1. The summed E-state index contributed by atoms with van der Waals surface area (Å²) in [5.41, 5.74) is 3.02. The molecule has 1 aliphatic rings. The average molecular weight is 450 g/mol. The molecule has 0 unspecified atom stereocenters. The lowest BCUT2D eigenvalue weighted by Gasteiger charge is -2.35. The maximum absolute atomic E-state index is 13.0. The van der Waals surface area contributed by atoms with Crippen molar-refractivity contribution in [2.45, 2.75) is 18.4 Å². The van der Waals surface area contributed by atoms with Crippen LogP contribution in [0.5, 0.6) is 0 Å². The summed E-state index contributed by atoms with van der Waals surface area (Å²) in [5.74, 6) is -0.0232. The van der Waals surface area contributed by atoms with Gasteiger partial charge >= 0.3 is 0 Å². The molecule has 166 valence electrons. The number of nitrogens with one attached hydrogen (secondary N) is 1. The first-order valence-corrected chi connectivity index (χ1v) is 12.1. The zero-order valence-corrected chi connectivity index (χ0v) is 18.9. The number of amides is 1. The smallest absolute Gasteiger partial charge is 0.261 e. The molecule has 1 amide bonds. The van der Waals surface area contributed by atoms with Crippen molar-refractivity contribution >= 4 is 21.6 Å². The number of sulfonamides is 1. The fourth-order valence-corrected chi connectivity index (χ4v) is 5.00. The van der Waals surface area contributed by atoms with E-state index in [1.165, 1.54) is 5.56 Å². The number of benzene rings is 3. The standard InChI is InChI=1S/C25H27N3O3S/c1-20-18-22(12-13-24(20)26-32(30,31)23-10-6-3-7-11-23)25(29)28-16-14-27(15-17-28)19-21-8-4-2-5-9-21/h2-13,18,26H,14-17,19H2,1H3. The molecule has 0 atom stereocenters. The average Bonchev–Trinajstić information content (AvgIpc) is 2.81. The Morgan fingerprint density at radius 3 is 2.12 bits per heavy atom. The van der Waals surface area contributed by atoms with Crippen molar-refractivity contribution in [1.29, 1.82) is 0 Å². The third-order valence-electron chi connectivity index (χ3n) is 5.68. The van der Waals surface area contributed by atoms with E-state index in [-0.39, 0.29) is 10.8 Å². The van der Waals surface area contributed by atoms with E-state index in [2.05, 4.69) is 21.8 Å². The first-order valence-electron chi connectivity index (χ1n) is 10.7. The molecule has 0 aromatic heterocycles. The number of piperazine rings is 1. The van der Waals surface area contributed by atoms with Crippen molar-refractivity contribution in [2.75, 3.05) is 30.9 Å². The van der Waals surface area contributed by atoms with Gasteiger partial charge < -0.3 is 4.90 Å². The number of carbonyl (C=O) groups is 1. The Kier molecular flexibility index (Phi) is 6.58.